The summed E-state index contributed by atoms with van der Waals surface area (Å²) in [6, 6.07) is 1.88. The Kier molecular flexibility index (Phi) is 2.15. The van der Waals surface area contributed by atoms with Crippen LogP contribution in [-0.2, 0) is 11.2 Å². The summed E-state index contributed by atoms with van der Waals surface area (Å²) in [5, 5.41) is 0. The van der Waals surface area contributed by atoms with Crippen LogP contribution >= 0.6 is 0 Å². The Labute approximate surface area is 82.8 Å². The Bertz CT molecular complexity index is 401. The van der Waals surface area contributed by atoms with Crippen molar-refractivity contribution < 1.29 is 9.53 Å². The molecule has 2 rings (SSSR count). The summed E-state index contributed by atoms with van der Waals surface area (Å²) in [6.45, 7) is 4.30. The lowest BCUT2D eigenvalue weighted by Crippen LogP contribution is -2.04. The minimum atomic E-state index is -0.270. The largest absolute Gasteiger partial charge is 0.461 e. The van der Waals surface area contributed by atoms with Crippen LogP contribution in [0.4, 0.5) is 0 Å². The van der Waals surface area contributed by atoms with Crippen molar-refractivity contribution in [3.8, 4) is 0 Å². The van der Waals surface area contributed by atoms with Crippen LogP contribution in [0.15, 0.2) is 11.6 Å². The number of allylic oxidation sites excluding steroid dienone is 1. The molecule has 1 aromatic heterocycles. The zero-order valence-corrected chi connectivity index (χ0v) is 8.39. The first-order chi connectivity index (χ1) is 6.70. The van der Waals surface area contributed by atoms with Crippen LogP contribution in [0, 0.1) is 0 Å². The van der Waals surface area contributed by atoms with E-state index in [1.165, 1.54) is 11.1 Å². The molecule has 0 fully saturated rings. The van der Waals surface area contributed by atoms with Gasteiger partial charge in [-0.2, -0.15) is 0 Å². The molecule has 1 heterocycles. The van der Waals surface area contributed by atoms with Crippen LogP contribution < -0.4 is 0 Å². The Morgan fingerprint density at radius 1 is 1.64 bits per heavy atom. The third-order valence-electron chi connectivity index (χ3n) is 2.29. The maximum absolute atomic E-state index is 11.4. The highest BCUT2D eigenvalue weighted by Crippen LogP contribution is 2.25. The predicted octanol–water partition coefficient (Wildman–Crippen LogP) is 2.15. The number of nitrogens with one attached hydrogen (secondary N) is 1. The summed E-state index contributed by atoms with van der Waals surface area (Å²) in [7, 11) is 0. The first-order valence-corrected chi connectivity index (χ1v) is 4.77. The number of carbonyl (C=O) groups excluding carboxylic acids is 1. The van der Waals surface area contributed by atoms with E-state index < -0.39 is 0 Å². The van der Waals surface area contributed by atoms with Gasteiger partial charge >= 0.3 is 5.97 Å². The maximum atomic E-state index is 11.4. The molecular weight excluding hydrogens is 178 g/mol. The van der Waals surface area contributed by atoms with Crippen molar-refractivity contribution in [2.24, 2.45) is 0 Å². The van der Waals surface area contributed by atoms with Gasteiger partial charge in [-0.3, -0.25) is 0 Å². The van der Waals surface area contributed by atoms with E-state index in [2.05, 4.69) is 18.0 Å². The van der Waals surface area contributed by atoms with E-state index in [4.69, 9.17) is 4.74 Å². The molecule has 0 aliphatic heterocycles. The number of fused-ring (bicyclic) bond motifs is 1. The molecule has 0 bridgehead atoms. The van der Waals surface area contributed by atoms with Crippen LogP contribution in [0.25, 0.3) is 6.08 Å². The molecule has 0 saturated carbocycles. The monoisotopic (exact) mass is 191 g/mol. The lowest BCUT2D eigenvalue weighted by Gasteiger charge is -1.97. The summed E-state index contributed by atoms with van der Waals surface area (Å²) in [5.74, 6) is -0.270. The van der Waals surface area contributed by atoms with Gasteiger partial charge in [0.05, 0.1) is 6.61 Å². The van der Waals surface area contributed by atoms with Crippen LogP contribution in [-0.4, -0.2) is 17.6 Å². The third kappa shape index (κ3) is 1.45. The van der Waals surface area contributed by atoms with Gasteiger partial charge in [0.15, 0.2) is 0 Å². The second-order valence-corrected chi connectivity index (χ2v) is 3.51. The number of aromatic nitrogens is 1. The van der Waals surface area contributed by atoms with Crippen molar-refractivity contribution in [2.75, 3.05) is 6.61 Å². The summed E-state index contributed by atoms with van der Waals surface area (Å²) in [4.78, 5) is 14.4. The smallest absolute Gasteiger partial charge is 0.354 e. The number of ether oxygens (including phenoxy) is 1. The quantitative estimate of drug-likeness (QED) is 0.728. The van der Waals surface area contributed by atoms with E-state index >= 15 is 0 Å². The standard InChI is InChI=1S/C11H13NO2/c1-3-14-11(13)10-6-8-4-7(2)5-9(8)12-10/h5-6,12H,3-4H2,1-2H3. The summed E-state index contributed by atoms with van der Waals surface area (Å²) in [5.41, 5.74) is 4.11. The SMILES string of the molecule is CCOC(=O)c1cc2c([nH]1)C=C(C)C2. The molecule has 1 N–H and O–H groups in total. The van der Waals surface area contributed by atoms with Gasteiger partial charge in [0.25, 0.3) is 0 Å². The lowest BCUT2D eigenvalue weighted by atomic mass is 10.2. The fourth-order valence-electron chi connectivity index (χ4n) is 1.71. The number of carbonyl (C=O) groups is 1. The van der Waals surface area contributed by atoms with Crippen molar-refractivity contribution in [2.45, 2.75) is 20.3 Å². The number of aromatic amines is 1. The zero-order chi connectivity index (χ0) is 10.1. The van der Waals surface area contributed by atoms with Gasteiger partial charge in [-0.05, 0) is 38.0 Å². The lowest BCUT2D eigenvalue weighted by molar-refractivity contribution is 0.0520. The number of hydrogen-bond donors (Lipinski definition) is 1. The fraction of sp³-hybridized carbons (Fsp3) is 0.364. The molecule has 3 heteroatoms. The van der Waals surface area contributed by atoms with E-state index in [0.717, 1.165) is 12.1 Å². The predicted molar refractivity (Wildman–Crippen MR) is 54.1 cm³/mol. The molecule has 1 aliphatic carbocycles. The molecule has 3 nitrogen and oxygen atoms in total. The van der Waals surface area contributed by atoms with Gasteiger partial charge in [-0.25, -0.2) is 4.79 Å². The topological polar surface area (TPSA) is 42.1 Å². The van der Waals surface area contributed by atoms with Crippen molar-refractivity contribution in [1.29, 1.82) is 0 Å². The van der Waals surface area contributed by atoms with E-state index in [9.17, 15) is 4.79 Å². The van der Waals surface area contributed by atoms with E-state index in [0.29, 0.717) is 12.3 Å². The molecule has 0 saturated heterocycles. The van der Waals surface area contributed by atoms with Crippen LogP contribution in [0.3, 0.4) is 0 Å². The highest BCUT2D eigenvalue weighted by molar-refractivity contribution is 5.89. The molecule has 0 unspecified atom stereocenters. The van der Waals surface area contributed by atoms with Gasteiger partial charge in [-0.15, -0.1) is 0 Å². The van der Waals surface area contributed by atoms with Crippen LogP contribution in [0.5, 0.6) is 0 Å². The molecule has 1 aliphatic rings. The van der Waals surface area contributed by atoms with Gasteiger partial charge in [0.2, 0.25) is 0 Å². The molecule has 0 radical (unpaired) electrons. The summed E-state index contributed by atoms with van der Waals surface area (Å²) >= 11 is 0. The molecular formula is C11H13NO2. The minimum absolute atomic E-state index is 0.270. The van der Waals surface area contributed by atoms with Gasteiger partial charge < -0.3 is 9.72 Å². The van der Waals surface area contributed by atoms with Gasteiger partial charge in [0, 0.05) is 5.69 Å². The molecule has 1 aromatic rings. The molecule has 74 valence electrons. The second-order valence-electron chi connectivity index (χ2n) is 3.51. The first-order valence-electron chi connectivity index (χ1n) is 4.77. The van der Waals surface area contributed by atoms with E-state index in [1.807, 2.05) is 6.07 Å². The molecule has 0 amide bonds. The molecule has 0 spiro atoms. The Morgan fingerprint density at radius 3 is 3.07 bits per heavy atom. The molecule has 0 atom stereocenters. The molecule has 14 heavy (non-hydrogen) atoms. The Hall–Kier alpha value is -1.51. The van der Waals surface area contributed by atoms with Crippen molar-refractivity contribution in [3.63, 3.8) is 0 Å². The zero-order valence-electron chi connectivity index (χ0n) is 8.39. The van der Waals surface area contributed by atoms with Gasteiger partial charge in [-0.1, -0.05) is 5.57 Å². The molecule has 0 aromatic carbocycles. The van der Waals surface area contributed by atoms with Crippen LogP contribution in [0.2, 0.25) is 0 Å². The average Bonchev–Trinajstić information content (AvgIpc) is 2.61. The van der Waals surface area contributed by atoms with Crippen LogP contribution in [0.1, 0.15) is 35.6 Å². The normalized spacial score (nSPS) is 13.7. The maximum Gasteiger partial charge on any atom is 0.354 e. The minimum Gasteiger partial charge on any atom is -0.461 e. The van der Waals surface area contributed by atoms with Gasteiger partial charge in [0.1, 0.15) is 5.69 Å². The van der Waals surface area contributed by atoms with Crippen molar-refractivity contribution in [1.82, 2.24) is 4.98 Å². The van der Waals surface area contributed by atoms with Crippen molar-refractivity contribution >= 4 is 12.0 Å². The number of rotatable bonds is 2. The Balaban J connectivity index is 2.23. The van der Waals surface area contributed by atoms with E-state index in [-0.39, 0.29) is 5.97 Å². The third-order valence-corrected chi connectivity index (χ3v) is 2.29. The highest BCUT2D eigenvalue weighted by atomic mass is 16.5. The second kappa shape index (κ2) is 3.33. The summed E-state index contributed by atoms with van der Waals surface area (Å²) < 4.78 is 4.90. The summed E-state index contributed by atoms with van der Waals surface area (Å²) in [6.07, 6.45) is 3.00. The fourth-order valence-corrected chi connectivity index (χ4v) is 1.71. The first kappa shape index (κ1) is 9.06. The van der Waals surface area contributed by atoms with E-state index in [1.54, 1.807) is 6.92 Å². The average molecular weight is 191 g/mol. The highest BCUT2D eigenvalue weighted by Gasteiger charge is 2.17. The number of hydrogen-bond acceptors (Lipinski definition) is 2. The number of esters is 1. The van der Waals surface area contributed by atoms with Crippen molar-refractivity contribution in [3.05, 3.63) is 28.6 Å². The number of H-pyrrole nitrogens is 1. The Morgan fingerprint density at radius 2 is 2.43 bits per heavy atom.